The molecule has 3 aliphatic heterocycles. The largest absolute Gasteiger partial charge is 0.459 e. The number of carbonyl (C=O) groups is 1. The minimum Gasteiger partial charge on any atom is -0.459 e. The van der Waals surface area contributed by atoms with E-state index in [2.05, 4.69) is 5.16 Å². The van der Waals surface area contributed by atoms with Crippen LogP contribution >= 0.6 is 0 Å². The molecule has 3 aliphatic rings. The van der Waals surface area contributed by atoms with Gasteiger partial charge >= 0.3 is 5.97 Å². The number of hydrogen-bond donors (Lipinski definition) is 5. The number of nitrogens with zero attached hydrogens (tertiary/aromatic N) is 3. The molecule has 0 aliphatic carbocycles. The SMILES string of the molecule is CCC1OC(=O)[C@H](C)C(O[C@H]2C[C@@](C)(OC)[C@@H](O)[C@H](C)O2)[C@H](C)[C@@H](O[C@@H]2O[C@H](C)C[C@H](N(C)C)[C@H]2O)[C@](C)(O)C[C@@H](C)/C(=N\OCCCN(C)C)[C@H](C)[C@@H](O)[C@]1(C)O. The minimum atomic E-state index is -1.93. The molecule has 0 aromatic carbocycles. The Morgan fingerprint density at radius 2 is 1.53 bits per heavy atom. The van der Waals surface area contributed by atoms with E-state index >= 15 is 0 Å². The summed E-state index contributed by atoms with van der Waals surface area (Å²) in [7, 11) is 9.17. The highest BCUT2D eigenvalue weighted by Gasteiger charge is 2.53. The Balaban J connectivity index is 2.23. The molecule has 3 heterocycles. The first-order valence-corrected chi connectivity index (χ1v) is 21.2. The van der Waals surface area contributed by atoms with Crippen molar-refractivity contribution in [3.05, 3.63) is 0 Å². The van der Waals surface area contributed by atoms with Gasteiger partial charge in [-0.05, 0) is 95.4 Å². The van der Waals surface area contributed by atoms with Crippen LogP contribution in [-0.4, -0.2) is 180 Å². The van der Waals surface area contributed by atoms with Crippen molar-refractivity contribution in [2.24, 2.45) is 28.8 Å². The average Bonchev–Trinajstić information content (AvgIpc) is 3.14. The van der Waals surface area contributed by atoms with Gasteiger partial charge in [0.2, 0.25) is 0 Å². The van der Waals surface area contributed by atoms with Crippen LogP contribution < -0.4 is 0 Å². The van der Waals surface area contributed by atoms with Crippen LogP contribution in [0.15, 0.2) is 5.16 Å². The van der Waals surface area contributed by atoms with Crippen LogP contribution in [0.3, 0.4) is 0 Å². The number of esters is 1. The van der Waals surface area contributed by atoms with E-state index in [0.717, 1.165) is 6.54 Å². The summed E-state index contributed by atoms with van der Waals surface area (Å²) < 4.78 is 37.8. The molecular formula is C42H79N3O13. The van der Waals surface area contributed by atoms with Gasteiger partial charge in [0.25, 0.3) is 0 Å². The van der Waals surface area contributed by atoms with Gasteiger partial charge in [-0.15, -0.1) is 0 Å². The summed E-state index contributed by atoms with van der Waals surface area (Å²) in [5.41, 5.74) is -4.31. The molecule has 0 spiro atoms. The molecule has 18 atom stereocenters. The van der Waals surface area contributed by atoms with Crippen molar-refractivity contribution in [2.75, 3.05) is 48.5 Å². The van der Waals surface area contributed by atoms with Crippen LogP contribution in [0.25, 0.3) is 0 Å². The van der Waals surface area contributed by atoms with Gasteiger partial charge in [-0.3, -0.25) is 4.79 Å². The molecule has 58 heavy (non-hydrogen) atoms. The summed E-state index contributed by atoms with van der Waals surface area (Å²) in [6.45, 7) is 18.3. The Bertz CT molecular complexity index is 1320. The number of likely N-dealkylation sites (N-methyl/N-ethyl adjacent to an activating group) is 1. The number of aliphatic hydroxyl groups is 5. The van der Waals surface area contributed by atoms with Crippen LogP contribution in [0.4, 0.5) is 0 Å². The molecule has 0 amide bonds. The molecule has 5 N–H and O–H groups in total. The molecule has 3 rings (SSSR count). The number of methoxy groups -OCH3 is 1. The van der Waals surface area contributed by atoms with Crippen LogP contribution in [-0.2, 0) is 38.1 Å². The lowest BCUT2D eigenvalue weighted by Gasteiger charge is -2.49. The van der Waals surface area contributed by atoms with E-state index in [1.165, 1.54) is 14.0 Å². The first-order chi connectivity index (χ1) is 26.8. The molecule has 0 bridgehead atoms. The van der Waals surface area contributed by atoms with Gasteiger partial charge in [-0.25, -0.2) is 0 Å². The van der Waals surface area contributed by atoms with E-state index in [-0.39, 0.29) is 31.4 Å². The monoisotopic (exact) mass is 834 g/mol. The highest BCUT2D eigenvalue weighted by atomic mass is 16.7. The molecule has 16 heteroatoms. The lowest BCUT2D eigenvalue weighted by Crippen LogP contribution is -2.61. The molecule has 0 aromatic heterocycles. The van der Waals surface area contributed by atoms with Crippen molar-refractivity contribution in [3.8, 4) is 0 Å². The highest BCUT2D eigenvalue weighted by Crippen LogP contribution is 2.41. The summed E-state index contributed by atoms with van der Waals surface area (Å²) in [6.07, 6.45) is -8.49. The average molecular weight is 834 g/mol. The van der Waals surface area contributed by atoms with Crippen LogP contribution in [0.2, 0.25) is 0 Å². The van der Waals surface area contributed by atoms with Crippen molar-refractivity contribution < 1.29 is 63.6 Å². The molecular weight excluding hydrogens is 754 g/mol. The van der Waals surface area contributed by atoms with Crippen molar-refractivity contribution in [1.82, 2.24) is 9.80 Å². The maximum atomic E-state index is 14.3. The second-order valence-corrected chi connectivity index (χ2v) is 18.6. The molecule has 16 nitrogen and oxygen atoms in total. The second kappa shape index (κ2) is 21.0. The van der Waals surface area contributed by atoms with Crippen LogP contribution in [0.1, 0.15) is 101 Å². The highest BCUT2D eigenvalue weighted by molar-refractivity contribution is 5.88. The molecule has 3 fully saturated rings. The zero-order valence-electron chi connectivity index (χ0n) is 38.0. The third kappa shape index (κ3) is 12.1. The number of aliphatic hydroxyl groups excluding tert-OH is 3. The fraction of sp³-hybridized carbons (Fsp3) is 0.952. The Morgan fingerprint density at radius 3 is 2.10 bits per heavy atom. The van der Waals surface area contributed by atoms with Crippen molar-refractivity contribution >= 4 is 11.7 Å². The number of cyclic esters (lactones) is 1. The van der Waals surface area contributed by atoms with Crippen LogP contribution in [0, 0.1) is 23.7 Å². The number of carbonyl (C=O) groups excluding carboxylic acids is 1. The first-order valence-electron chi connectivity index (χ1n) is 21.2. The zero-order chi connectivity index (χ0) is 44.1. The lowest BCUT2D eigenvalue weighted by atomic mass is 9.73. The summed E-state index contributed by atoms with van der Waals surface area (Å²) in [5, 5.41) is 63.8. The Hall–Kier alpha value is -1.54. The van der Waals surface area contributed by atoms with Crippen molar-refractivity contribution in [3.63, 3.8) is 0 Å². The second-order valence-electron chi connectivity index (χ2n) is 18.6. The van der Waals surface area contributed by atoms with Crippen molar-refractivity contribution in [1.29, 1.82) is 0 Å². The number of hydrogen-bond acceptors (Lipinski definition) is 16. The van der Waals surface area contributed by atoms with Gasteiger partial charge in [0.05, 0.1) is 53.4 Å². The smallest absolute Gasteiger partial charge is 0.311 e. The lowest BCUT2D eigenvalue weighted by molar-refractivity contribution is -0.317. The van der Waals surface area contributed by atoms with Gasteiger partial charge in [0.1, 0.15) is 30.5 Å². The predicted molar refractivity (Wildman–Crippen MR) is 218 cm³/mol. The third-order valence-electron chi connectivity index (χ3n) is 12.9. The molecule has 0 saturated carbocycles. The van der Waals surface area contributed by atoms with Crippen molar-refractivity contribution in [2.45, 2.75) is 186 Å². The summed E-state index contributed by atoms with van der Waals surface area (Å²) in [5.74, 6) is -3.95. The predicted octanol–water partition coefficient (Wildman–Crippen LogP) is 2.54. The Kier molecular flexibility index (Phi) is 18.4. The molecule has 3 saturated heterocycles. The fourth-order valence-electron chi connectivity index (χ4n) is 9.16. The van der Waals surface area contributed by atoms with E-state index in [1.807, 2.05) is 51.8 Å². The van der Waals surface area contributed by atoms with E-state index in [0.29, 0.717) is 25.2 Å². The van der Waals surface area contributed by atoms with E-state index < -0.39 is 102 Å². The standard InChI is InChI=1S/C42H79N3O13/c1-16-30-42(10,51)35(47)25(4)32(43-53-19-17-18-44(11)12)23(2)21-40(8,50)37(58-39-33(46)29(45(13)14)20-24(3)54-39)26(5)34(27(6)38(49)56-30)57-31-22-41(9,52-15)36(48)28(7)55-31/h23-31,33-37,39,46-48,50-51H,16-22H2,1-15H3/b43-32+/t23-,24-,25+,26+,27-,28+,29+,30?,31+,33-,34?,35-,36+,37-,39+,40-,41-,42-/m1/s1. The maximum Gasteiger partial charge on any atom is 0.311 e. The van der Waals surface area contributed by atoms with E-state index in [4.69, 9.17) is 33.3 Å². The molecule has 340 valence electrons. The van der Waals surface area contributed by atoms with Crippen LogP contribution in [0.5, 0.6) is 0 Å². The van der Waals surface area contributed by atoms with E-state index in [9.17, 15) is 30.3 Å². The van der Waals surface area contributed by atoms with E-state index in [1.54, 1.807) is 48.5 Å². The Morgan fingerprint density at radius 1 is 0.897 bits per heavy atom. The number of oxime groups is 1. The van der Waals surface area contributed by atoms with Gasteiger partial charge in [0.15, 0.2) is 12.6 Å². The summed E-state index contributed by atoms with van der Waals surface area (Å²) in [4.78, 5) is 24.1. The third-order valence-corrected chi connectivity index (χ3v) is 12.9. The Labute approximate surface area is 347 Å². The minimum absolute atomic E-state index is 0.0181. The molecule has 0 aromatic rings. The maximum absolute atomic E-state index is 14.3. The summed E-state index contributed by atoms with van der Waals surface area (Å²) >= 11 is 0. The van der Waals surface area contributed by atoms with Gasteiger partial charge < -0.3 is 68.6 Å². The zero-order valence-corrected chi connectivity index (χ0v) is 38.0. The number of ether oxygens (including phenoxy) is 6. The van der Waals surface area contributed by atoms with Gasteiger partial charge in [-0.2, -0.15) is 0 Å². The normalized spacial score (nSPS) is 45.9. The molecule has 2 unspecified atom stereocenters. The topological polar surface area (TPSA) is 202 Å². The first kappa shape index (κ1) is 50.8. The van der Waals surface area contributed by atoms with Gasteiger partial charge in [-0.1, -0.05) is 32.9 Å². The quantitative estimate of drug-likeness (QED) is 0.109. The summed E-state index contributed by atoms with van der Waals surface area (Å²) in [6, 6.07) is -0.313. The molecule has 0 radical (unpaired) electrons. The fourth-order valence-corrected chi connectivity index (χ4v) is 9.16. The number of rotatable bonds is 12. The van der Waals surface area contributed by atoms with Gasteiger partial charge in [0, 0.05) is 43.9 Å².